The number of halogens is 2. The highest BCUT2D eigenvalue weighted by molar-refractivity contribution is 6.34. The van der Waals surface area contributed by atoms with Crippen LogP contribution >= 0.6 is 11.6 Å². The molecule has 1 aromatic carbocycles. The van der Waals surface area contributed by atoms with E-state index in [1.54, 1.807) is 0 Å². The van der Waals surface area contributed by atoms with Gasteiger partial charge in [-0.15, -0.1) is 0 Å². The third kappa shape index (κ3) is 2.02. The molecule has 3 N–H and O–H groups in total. The average Bonchev–Trinajstić information content (AvgIpc) is 2.83. The fourth-order valence-corrected chi connectivity index (χ4v) is 3.05. The Bertz CT molecular complexity index is 525. The molecule has 0 radical (unpaired) electrons. The Morgan fingerprint density at radius 3 is 3.11 bits per heavy atom. The van der Waals surface area contributed by atoms with Crippen molar-refractivity contribution in [3.8, 4) is 0 Å². The fourth-order valence-electron chi connectivity index (χ4n) is 2.84. The van der Waals surface area contributed by atoms with Gasteiger partial charge < -0.3 is 15.8 Å². The first-order chi connectivity index (χ1) is 9.09. The molecule has 6 heteroatoms. The molecule has 1 aliphatic carbocycles. The molecule has 0 bridgehead atoms. The third-order valence-electron chi connectivity index (χ3n) is 3.94. The molecule has 1 saturated carbocycles. The molecule has 1 amide bonds. The second kappa shape index (κ2) is 4.74. The normalized spacial score (nSPS) is 32.6. The lowest BCUT2D eigenvalue weighted by molar-refractivity contribution is -0.0161. The van der Waals surface area contributed by atoms with Gasteiger partial charge in [-0.05, 0) is 18.6 Å². The molecule has 3 rings (SSSR count). The van der Waals surface area contributed by atoms with Crippen LogP contribution in [0.2, 0.25) is 5.02 Å². The molecule has 19 heavy (non-hydrogen) atoms. The lowest BCUT2D eigenvalue weighted by Crippen LogP contribution is -2.68. The summed E-state index contributed by atoms with van der Waals surface area (Å²) < 4.78 is 18.8. The molecular weight excluding hydrogens is 271 g/mol. The van der Waals surface area contributed by atoms with Crippen LogP contribution in [0.15, 0.2) is 18.2 Å². The predicted octanol–water partition coefficient (Wildman–Crippen LogP) is 1.32. The quantitative estimate of drug-likeness (QED) is 0.861. The number of benzene rings is 1. The molecule has 1 aromatic rings. The monoisotopic (exact) mass is 284 g/mol. The summed E-state index contributed by atoms with van der Waals surface area (Å²) in [4.78, 5) is 12.1. The maximum absolute atomic E-state index is 13.3. The maximum Gasteiger partial charge on any atom is 0.253 e. The molecule has 1 aliphatic heterocycles. The molecular formula is C13H14ClFN2O2. The van der Waals surface area contributed by atoms with Crippen LogP contribution in [0.1, 0.15) is 16.8 Å². The Morgan fingerprint density at radius 2 is 2.32 bits per heavy atom. The van der Waals surface area contributed by atoms with E-state index in [1.807, 2.05) is 0 Å². The molecule has 4 nitrogen and oxygen atoms in total. The predicted molar refractivity (Wildman–Crippen MR) is 68.5 cm³/mol. The summed E-state index contributed by atoms with van der Waals surface area (Å²) in [6.07, 6.45) is 0.908. The summed E-state index contributed by atoms with van der Waals surface area (Å²) >= 11 is 5.78. The number of rotatable bonds is 2. The highest BCUT2D eigenvalue weighted by atomic mass is 35.5. The molecule has 1 saturated heterocycles. The number of amides is 1. The standard InChI is InChI=1S/C13H14ClFN2O2/c14-9-6(2-1-3-8(9)15)13(18)17-11-10(16)7-4-5-19-12(7)11/h1-3,7,10-12H,4-5,16H2,(H,17,18). The minimum Gasteiger partial charge on any atom is -0.376 e. The second-order valence-corrected chi connectivity index (χ2v) is 5.34. The summed E-state index contributed by atoms with van der Waals surface area (Å²) in [5.74, 6) is -0.714. The van der Waals surface area contributed by atoms with E-state index in [0.29, 0.717) is 12.5 Å². The minimum atomic E-state index is -0.609. The van der Waals surface area contributed by atoms with E-state index < -0.39 is 11.7 Å². The largest absolute Gasteiger partial charge is 0.376 e. The molecule has 2 aliphatic rings. The van der Waals surface area contributed by atoms with Crippen LogP contribution in [0.4, 0.5) is 4.39 Å². The van der Waals surface area contributed by atoms with Gasteiger partial charge in [0.05, 0.1) is 22.7 Å². The van der Waals surface area contributed by atoms with Crippen molar-refractivity contribution in [2.45, 2.75) is 24.6 Å². The maximum atomic E-state index is 13.3. The zero-order valence-corrected chi connectivity index (χ0v) is 10.9. The van der Waals surface area contributed by atoms with Crippen molar-refractivity contribution in [1.29, 1.82) is 0 Å². The van der Waals surface area contributed by atoms with Crippen LogP contribution in [0, 0.1) is 11.7 Å². The van der Waals surface area contributed by atoms with Crippen molar-refractivity contribution in [2.24, 2.45) is 11.7 Å². The van der Waals surface area contributed by atoms with Gasteiger partial charge in [-0.2, -0.15) is 0 Å². The van der Waals surface area contributed by atoms with E-state index in [-0.39, 0.29) is 28.8 Å². The molecule has 4 unspecified atom stereocenters. The summed E-state index contributed by atoms with van der Waals surface area (Å²) in [5, 5.41) is 2.61. The van der Waals surface area contributed by atoms with Gasteiger partial charge in [-0.1, -0.05) is 17.7 Å². The lowest BCUT2D eigenvalue weighted by atomic mass is 9.72. The number of hydrogen-bond acceptors (Lipinski definition) is 3. The SMILES string of the molecule is NC1C2CCOC2C1NC(=O)c1cccc(F)c1Cl. The lowest BCUT2D eigenvalue weighted by Gasteiger charge is -2.45. The van der Waals surface area contributed by atoms with Crippen molar-refractivity contribution in [2.75, 3.05) is 6.61 Å². The first-order valence-corrected chi connectivity index (χ1v) is 6.59. The van der Waals surface area contributed by atoms with Crippen LogP contribution in [0.3, 0.4) is 0 Å². The highest BCUT2D eigenvalue weighted by Gasteiger charge is 2.52. The van der Waals surface area contributed by atoms with Gasteiger partial charge in [0.15, 0.2) is 0 Å². The van der Waals surface area contributed by atoms with Gasteiger partial charge in [-0.3, -0.25) is 4.79 Å². The topological polar surface area (TPSA) is 64.3 Å². The van der Waals surface area contributed by atoms with E-state index >= 15 is 0 Å². The van der Waals surface area contributed by atoms with Gasteiger partial charge in [0, 0.05) is 18.6 Å². The molecule has 1 heterocycles. The number of hydrogen-bond donors (Lipinski definition) is 2. The number of ether oxygens (including phenoxy) is 1. The smallest absolute Gasteiger partial charge is 0.253 e. The first-order valence-electron chi connectivity index (χ1n) is 6.21. The van der Waals surface area contributed by atoms with E-state index in [1.165, 1.54) is 18.2 Å². The fraction of sp³-hybridized carbons (Fsp3) is 0.462. The van der Waals surface area contributed by atoms with Gasteiger partial charge >= 0.3 is 0 Å². The summed E-state index contributed by atoms with van der Waals surface area (Å²) in [6, 6.07) is 3.82. The molecule has 2 fully saturated rings. The number of nitrogens with one attached hydrogen (secondary N) is 1. The number of carbonyl (C=O) groups is 1. The Hall–Kier alpha value is -1.17. The van der Waals surface area contributed by atoms with E-state index in [2.05, 4.69) is 5.32 Å². The molecule has 0 spiro atoms. The molecule has 0 aromatic heterocycles. The minimum absolute atomic E-state index is 0.0220. The Balaban J connectivity index is 1.73. The average molecular weight is 285 g/mol. The highest BCUT2D eigenvalue weighted by Crippen LogP contribution is 2.38. The van der Waals surface area contributed by atoms with Gasteiger partial charge in [0.2, 0.25) is 0 Å². The second-order valence-electron chi connectivity index (χ2n) is 4.97. The van der Waals surface area contributed by atoms with Crippen LogP contribution in [-0.4, -0.2) is 30.7 Å². The van der Waals surface area contributed by atoms with Gasteiger partial charge in [0.25, 0.3) is 5.91 Å². The summed E-state index contributed by atoms with van der Waals surface area (Å²) in [6.45, 7) is 0.677. The van der Waals surface area contributed by atoms with Crippen LogP contribution < -0.4 is 11.1 Å². The molecule has 102 valence electrons. The van der Waals surface area contributed by atoms with Crippen molar-refractivity contribution in [3.05, 3.63) is 34.6 Å². The van der Waals surface area contributed by atoms with Crippen molar-refractivity contribution in [1.82, 2.24) is 5.32 Å². The Labute approximate surface area is 115 Å². The van der Waals surface area contributed by atoms with Gasteiger partial charge in [0.1, 0.15) is 5.82 Å². The first kappa shape index (κ1) is 12.8. The molecule has 4 atom stereocenters. The van der Waals surface area contributed by atoms with E-state index in [4.69, 9.17) is 22.1 Å². The number of nitrogens with two attached hydrogens (primary N) is 1. The van der Waals surface area contributed by atoms with Crippen LogP contribution in [0.25, 0.3) is 0 Å². The summed E-state index contributed by atoms with van der Waals surface area (Å²) in [7, 11) is 0. The van der Waals surface area contributed by atoms with E-state index in [0.717, 1.165) is 6.42 Å². The van der Waals surface area contributed by atoms with Crippen molar-refractivity contribution >= 4 is 17.5 Å². The summed E-state index contributed by atoms with van der Waals surface area (Å²) in [5.41, 5.74) is 6.12. The van der Waals surface area contributed by atoms with Crippen LogP contribution in [0.5, 0.6) is 0 Å². The van der Waals surface area contributed by atoms with E-state index in [9.17, 15) is 9.18 Å². The zero-order valence-electron chi connectivity index (χ0n) is 10.1. The Morgan fingerprint density at radius 1 is 1.53 bits per heavy atom. The Kier molecular flexibility index (Phi) is 3.20. The van der Waals surface area contributed by atoms with Gasteiger partial charge in [-0.25, -0.2) is 4.39 Å². The number of fused-ring (bicyclic) bond motifs is 1. The number of carbonyl (C=O) groups excluding carboxylic acids is 1. The van der Waals surface area contributed by atoms with Crippen LogP contribution in [-0.2, 0) is 4.74 Å². The van der Waals surface area contributed by atoms with Crippen molar-refractivity contribution < 1.29 is 13.9 Å². The van der Waals surface area contributed by atoms with Crippen molar-refractivity contribution in [3.63, 3.8) is 0 Å². The zero-order chi connectivity index (χ0) is 13.6. The third-order valence-corrected chi connectivity index (χ3v) is 4.32.